The molecule has 4 N–H and O–H groups in total. The summed E-state index contributed by atoms with van der Waals surface area (Å²) in [6.07, 6.45) is 1.92. The molecule has 0 spiro atoms. The van der Waals surface area contributed by atoms with Crippen molar-refractivity contribution in [3.05, 3.63) is 65.2 Å². The van der Waals surface area contributed by atoms with E-state index in [1.54, 1.807) is 12.1 Å². The summed E-state index contributed by atoms with van der Waals surface area (Å²) in [6, 6.07) is 13.6. The van der Waals surface area contributed by atoms with E-state index in [2.05, 4.69) is 21.5 Å². The molecule has 7 heteroatoms. The summed E-state index contributed by atoms with van der Waals surface area (Å²) in [5, 5.41) is 5.62. The summed E-state index contributed by atoms with van der Waals surface area (Å²) in [5.74, 6) is -0.180. The maximum atomic E-state index is 12.0. The number of carbonyl (C=O) groups excluding carboxylic acids is 3. The van der Waals surface area contributed by atoms with Crippen LogP contribution in [0.3, 0.4) is 0 Å². The van der Waals surface area contributed by atoms with Crippen LogP contribution in [0.4, 0.5) is 10.5 Å². The van der Waals surface area contributed by atoms with Gasteiger partial charge in [0.25, 0.3) is 5.91 Å². The highest BCUT2D eigenvalue weighted by molar-refractivity contribution is 5.95. The van der Waals surface area contributed by atoms with Crippen molar-refractivity contribution in [3.8, 4) is 0 Å². The summed E-state index contributed by atoms with van der Waals surface area (Å²) < 4.78 is 0. The molecule has 146 valence electrons. The molecule has 1 saturated carbocycles. The Morgan fingerprint density at radius 1 is 0.929 bits per heavy atom. The topological polar surface area (TPSA) is 99.3 Å². The Bertz CT molecular complexity index is 858. The third-order valence-corrected chi connectivity index (χ3v) is 4.58. The molecule has 2 aromatic rings. The first-order valence-electron chi connectivity index (χ1n) is 9.26. The largest absolute Gasteiger partial charge is 0.333 e. The van der Waals surface area contributed by atoms with Crippen LogP contribution in [-0.4, -0.2) is 17.8 Å². The van der Waals surface area contributed by atoms with Gasteiger partial charge in [0.2, 0.25) is 5.91 Å². The second-order valence-corrected chi connectivity index (χ2v) is 7.03. The number of benzene rings is 2. The highest BCUT2D eigenvalue weighted by Crippen LogP contribution is 2.30. The predicted molar refractivity (Wildman–Crippen MR) is 107 cm³/mol. The minimum atomic E-state index is -0.515. The van der Waals surface area contributed by atoms with Crippen LogP contribution in [-0.2, 0) is 4.79 Å². The second-order valence-electron chi connectivity index (χ2n) is 7.03. The van der Waals surface area contributed by atoms with Crippen molar-refractivity contribution in [2.24, 2.45) is 5.92 Å². The van der Waals surface area contributed by atoms with Crippen LogP contribution in [0.15, 0.2) is 48.5 Å². The van der Waals surface area contributed by atoms with Crippen molar-refractivity contribution in [1.29, 1.82) is 0 Å². The van der Waals surface area contributed by atoms with Crippen molar-refractivity contribution in [3.63, 3.8) is 0 Å². The zero-order valence-corrected chi connectivity index (χ0v) is 15.9. The molecule has 0 heterocycles. The molecule has 1 atom stereocenters. The Labute approximate surface area is 163 Å². The maximum Gasteiger partial charge on any atom is 0.333 e. The lowest BCUT2D eigenvalue weighted by atomic mass is 10.1. The van der Waals surface area contributed by atoms with Gasteiger partial charge >= 0.3 is 6.03 Å². The lowest BCUT2D eigenvalue weighted by molar-refractivity contribution is -0.117. The van der Waals surface area contributed by atoms with E-state index in [9.17, 15) is 14.4 Å². The van der Waals surface area contributed by atoms with Crippen LogP contribution >= 0.6 is 0 Å². The predicted octanol–water partition coefficient (Wildman–Crippen LogP) is 3.05. The molecule has 0 aromatic heterocycles. The van der Waals surface area contributed by atoms with Gasteiger partial charge < -0.3 is 10.6 Å². The van der Waals surface area contributed by atoms with Gasteiger partial charge in [-0.2, -0.15) is 0 Å². The molecule has 1 aliphatic rings. The molecule has 0 unspecified atom stereocenters. The highest BCUT2D eigenvalue weighted by atomic mass is 16.2. The number of anilines is 1. The molecule has 4 amide bonds. The molecular weight excluding hydrogens is 356 g/mol. The Morgan fingerprint density at radius 3 is 2.18 bits per heavy atom. The lowest BCUT2D eigenvalue weighted by Gasteiger charge is -2.16. The van der Waals surface area contributed by atoms with Gasteiger partial charge in [-0.3, -0.25) is 15.0 Å². The van der Waals surface area contributed by atoms with Gasteiger partial charge in [0.05, 0.1) is 6.04 Å². The number of aryl methyl sites for hydroxylation is 1. The molecular formula is C21H24N4O3. The summed E-state index contributed by atoms with van der Waals surface area (Å²) in [5.41, 5.74) is 7.85. The average molecular weight is 380 g/mol. The highest BCUT2D eigenvalue weighted by Gasteiger charge is 2.29. The van der Waals surface area contributed by atoms with E-state index in [4.69, 9.17) is 0 Å². The summed E-state index contributed by atoms with van der Waals surface area (Å²) in [4.78, 5) is 35.8. The number of hydrogen-bond acceptors (Lipinski definition) is 3. The third kappa shape index (κ3) is 5.33. The Hall–Kier alpha value is -3.35. The van der Waals surface area contributed by atoms with Gasteiger partial charge in [0, 0.05) is 17.2 Å². The molecule has 0 saturated heterocycles. The van der Waals surface area contributed by atoms with E-state index in [-0.39, 0.29) is 17.9 Å². The Balaban J connectivity index is 1.46. The fourth-order valence-electron chi connectivity index (χ4n) is 2.65. The van der Waals surface area contributed by atoms with E-state index < -0.39 is 11.9 Å². The Morgan fingerprint density at radius 2 is 1.57 bits per heavy atom. The quantitative estimate of drug-likeness (QED) is 0.600. The number of hydrazine groups is 1. The number of urea groups is 1. The molecule has 0 radical (unpaired) electrons. The van der Waals surface area contributed by atoms with Crippen LogP contribution in [0.1, 0.15) is 47.3 Å². The summed E-state index contributed by atoms with van der Waals surface area (Å²) in [7, 11) is 0. The van der Waals surface area contributed by atoms with Crippen molar-refractivity contribution in [1.82, 2.24) is 16.2 Å². The first kappa shape index (κ1) is 19.4. The summed E-state index contributed by atoms with van der Waals surface area (Å²) in [6.45, 7) is 3.77. The van der Waals surface area contributed by atoms with E-state index in [0.717, 1.165) is 29.7 Å². The van der Waals surface area contributed by atoms with Gasteiger partial charge in [-0.05, 0) is 56.5 Å². The maximum absolute atomic E-state index is 12.0. The zero-order valence-electron chi connectivity index (χ0n) is 15.9. The van der Waals surface area contributed by atoms with E-state index >= 15 is 0 Å². The van der Waals surface area contributed by atoms with Crippen LogP contribution < -0.4 is 21.5 Å². The SMILES string of the molecule is Cc1ccc(C(=O)NNC(=O)N[C@@H](C)c2ccc(NC(=O)C3CC3)cc2)cc1. The van der Waals surface area contributed by atoms with Gasteiger partial charge in [0.1, 0.15) is 0 Å². The van der Waals surface area contributed by atoms with Crippen molar-refractivity contribution < 1.29 is 14.4 Å². The fourth-order valence-corrected chi connectivity index (χ4v) is 2.65. The molecule has 2 aromatic carbocycles. The van der Waals surface area contributed by atoms with Crippen molar-refractivity contribution in [2.75, 3.05) is 5.32 Å². The second kappa shape index (κ2) is 8.56. The minimum absolute atomic E-state index is 0.0580. The van der Waals surface area contributed by atoms with Crippen LogP contribution in [0.25, 0.3) is 0 Å². The fraction of sp³-hybridized carbons (Fsp3) is 0.286. The smallest absolute Gasteiger partial charge is 0.330 e. The minimum Gasteiger partial charge on any atom is -0.330 e. The van der Waals surface area contributed by atoms with E-state index in [0.29, 0.717) is 5.56 Å². The lowest BCUT2D eigenvalue weighted by Crippen LogP contribution is -2.47. The van der Waals surface area contributed by atoms with Gasteiger partial charge in [-0.25, -0.2) is 10.2 Å². The van der Waals surface area contributed by atoms with Crippen LogP contribution in [0.2, 0.25) is 0 Å². The number of carbonyl (C=O) groups is 3. The van der Waals surface area contributed by atoms with E-state index in [1.165, 1.54) is 0 Å². The molecule has 1 fully saturated rings. The average Bonchev–Trinajstić information content (AvgIpc) is 3.52. The molecule has 7 nitrogen and oxygen atoms in total. The van der Waals surface area contributed by atoms with Gasteiger partial charge in [0.15, 0.2) is 0 Å². The number of hydrogen-bond donors (Lipinski definition) is 4. The summed E-state index contributed by atoms with van der Waals surface area (Å²) >= 11 is 0. The van der Waals surface area contributed by atoms with Crippen LogP contribution in [0, 0.1) is 12.8 Å². The monoisotopic (exact) mass is 380 g/mol. The molecule has 0 bridgehead atoms. The zero-order chi connectivity index (χ0) is 20.1. The van der Waals surface area contributed by atoms with Crippen molar-refractivity contribution >= 4 is 23.5 Å². The van der Waals surface area contributed by atoms with E-state index in [1.807, 2.05) is 50.2 Å². The van der Waals surface area contributed by atoms with Gasteiger partial charge in [-0.1, -0.05) is 29.8 Å². The molecule has 0 aliphatic heterocycles. The van der Waals surface area contributed by atoms with Crippen LogP contribution in [0.5, 0.6) is 0 Å². The number of amides is 4. The molecule has 28 heavy (non-hydrogen) atoms. The number of rotatable bonds is 5. The van der Waals surface area contributed by atoms with Crippen molar-refractivity contribution in [2.45, 2.75) is 32.7 Å². The van der Waals surface area contributed by atoms with Gasteiger partial charge in [-0.15, -0.1) is 0 Å². The number of nitrogens with one attached hydrogen (secondary N) is 4. The third-order valence-electron chi connectivity index (χ3n) is 4.58. The normalized spacial score (nSPS) is 13.9. The molecule has 3 rings (SSSR count). The standard InChI is InChI=1S/C21H24N4O3/c1-13-3-5-17(6-4-13)20(27)24-25-21(28)22-14(2)15-9-11-18(12-10-15)23-19(26)16-7-8-16/h3-6,9-12,14,16H,7-8H2,1-2H3,(H,23,26)(H,24,27)(H2,22,25,28)/t14-/m0/s1. The Kier molecular flexibility index (Phi) is 5.93. The first-order chi connectivity index (χ1) is 13.4. The molecule has 1 aliphatic carbocycles. The first-order valence-corrected chi connectivity index (χ1v) is 9.26.